The van der Waals surface area contributed by atoms with Crippen LogP contribution in [0.2, 0.25) is 0 Å². The molecule has 2 aromatic rings. The fraction of sp³-hybridized carbons (Fsp3) is 0.143. The molecule has 0 N–H and O–H groups in total. The molecule has 100 valence electrons. The van der Waals surface area contributed by atoms with Crippen molar-refractivity contribution in [1.82, 2.24) is 0 Å². The Balaban J connectivity index is 2.37. The first-order valence-electron chi connectivity index (χ1n) is 5.62. The molecule has 5 heteroatoms. The minimum Gasteiger partial charge on any atom is -0.223 e. The van der Waals surface area contributed by atoms with Gasteiger partial charge in [-0.05, 0) is 52.2 Å². The van der Waals surface area contributed by atoms with E-state index in [0.717, 1.165) is 0 Å². The highest BCUT2D eigenvalue weighted by Gasteiger charge is 2.17. The Morgan fingerprint density at radius 1 is 1.16 bits per heavy atom. The smallest absolute Gasteiger partial charge is 0.182 e. The van der Waals surface area contributed by atoms with Crippen molar-refractivity contribution in [1.29, 1.82) is 0 Å². The summed E-state index contributed by atoms with van der Waals surface area (Å²) in [7, 11) is -3.46. The van der Waals surface area contributed by atoms with Gasteiger partial charge in [0.25, 0.3) is 0 Å². The Labute approximate surface area is 120 Å². The molecular formula is C14H12BrFO2S. The highest BCUT2D eigenvalue weighted by Crippen LogP contribution is 2.22. The molecule has 0 unspecified atom stereocenters. The van der Waals surface area contributed by atoms with Crippen LogP contribution in [0.4, 0.5) is 4.39 Å². The number of hydrogen-bond acceptors (Lipinski definition) is 2. The number of halogens is 2. The fourth-order valence-corrected chi connectivity index (χ4v) is 3.70. The second-order valence-electron chi connectivity index (χ2n) is 4.27. The van der Waals surface area contributed by atoms with E-state index >= 15 is 0 Å². The molecule has 0 heterocycles. The monoisotopic (exact) mass is 342 g/mol. The van der Waals surface area contributed by atoms with Gasteiger partial charge in [-0.15, -0.1) is 0 Å². The van der Waals surface area contributed by atoms with E-state index in [1.165, 1.54) is 12.1 Å². The van der Waals surface area contributed by atoms with Gasteiger partial charge in [-0.2, -0.15) is 0 Å². The lowest BCUT2D eigenvalue weighted by atomic mass is 10.2. The first kappa shape index (κ1) is 14.2. The van der Waals surface area contributed by atoms with Crippen molar-refractivity contribution in [2.45, 2.75) is 17.6 Å². The second kappa shape index (κ2) is 5.43. The topological polar surface area (TPSA) is 34.1 Å². The number of sulfone groups is 1. The van der Waals surface area contributed by atoms with E-state index in [9.17, 15) is 12.8 Å². The molecule has 0 saturated heterocycles. The number of rotatable bonds is 3. The maximum absolute atomic E-state index is 13.4. The van der Waals surface area contributed by atoms with Crippen LogP contribution < -0.4 is 0 Å². The van der Waals surface area contributed by atoms with Gasteiger partial charge in [-0.3, -0.25) is 0 Å². The molecule has 0 fully saturated rings. The van der Waals surface area contributed by atoms with Gasteiger partial charge < -0.3 is 0 Å². The van der Waals surface area contributed by atoms with Crippen LogP contribution in [-0.4, -0.2) is 8.42 Å². The molecule has 0 spiro atoms. The van der Waals surface area contributed by atoms with Crippen molar-refractivity contribution in [2.75, 3.05) is 0 Å². The van der Waals surface area contributed by atoms with Crippen molar-refractivity contribution in [3.05, 3.63) is 63.9 Å². The molecule has 19 heavy (non-hydrogen) atoms. The van der Waals surface area contributed by atoms with E-state index in [2.05, 4.69) is 15.9 Å². The van der Waals surface area contributed by atoms with Crippen LogP contribution in [-0.2, 0) is 15.6 Å². The third-order valence-electron chi connectivity index (χ3n) is 2.77. The number of aryl methyl sites for hydroxylation is 1. The standard InChI is InChI=1S/C14H12BrFO2S/c1-10-4-2-3-5-14(10)19(17,18)9-11-6-7-12(15)13(16)8-11/h2-8H,9H2,1H3. The summed E-state index contributed by atoms with van der Waals surface area (Å²) in [5, 5.41) is 0. The molecular weight excluding hydrogens is 331 g/mol. The summed E-state index contributed by atoms with van der Waals surface area (Å²) < 4.78 is 38.3. The Morgan fingerprint density at radius 3 is 2.47 bits per heavy atom. The predicted molar refractivity (Wildman–Crippen MR) is 76.2 cm³/mol. The van der Waals surface area contributed by atoms with Gasteiger partial charge >= 0.3 is 0 Å². The van der Waals surface area contributed by atoms with Gasteiger partial charge in [0.05, 0.1) is 15.1 Å². The number of hydrogen-bond donors (Lipinski definition) is 0. The molecule has 0 aromatic heterocycles. The Hall–Kier alpha value is -1.20. The van der Waals surface area contributed by atoms with E-state index in [0.29, 0.717) is 20.5 Å². The minimum atomic E-state index is -3.46. The Morgan fingerprint density at radius 2 is 1.84 bits per heavy atom. The van der Waals surface area contributed by atoms with E-state index in [1.807, 2.05) is 0 Å². The molecule has 0 aliphatic carbocycles. The summed E-state index contributed by atoms with van der Waals surface area (Å²) in [5.74, 6) is -0.667. The zero-order chi connectivity index (χ0) is 14.0. The van der Waals surface area contributed by atoms with Gasteiger partial charge in [0.1, 0.15) is 5.82 Å². The van der Waals surface area contributed by atoms with Crippen molar-refractivity contribution in [3.63, 3.8) is 0 Å². The zero-order valence-electron chi connectivity index (χ0n) is 10.2. The quantitative estimate of drug-likeness (QED) is 0.848. The molecule has 0 amide bonds. The molecule has 0 bridgehead atoms. The summed E-state index contributed by atoms with van der Waals surface area (Å²) >= 11 is 3.04. The lowest BCUT2D eigenvalue weighted by Crippen LogP contribution is -2.07. The lowest BCUT2D eigenvalue weighted by Gasteiger charge is -2.08. The van der Waals surface area contributed by atoms with E-state index < -0.39 is 15.7 Å². The Bertz CT molecular complexity index is 711. The van der Waals surface area contributed by atoms with Crippen molar-refractivity contribution < 1.29 is 12.8 Å². The molecule has 0 atom stereocenters. The fourth-order valence-electron chi connectivity index (χ4n) is 1.83. The lowest BCUT2D eigenvalue weighted by molar-refractivity contribution is 0.594. The summed E-state index contributed by atoms with van der Waals surface area (Å²) in [6.45, 7) is 1.75. The van der Waals surface area contributed by atoms with Gasteiger partial charge in [0.15, 0.2) is 9.84 Å². The van der Waals surface area contributed by atoms with E-state index in [1.54, 1.807) is 37.3 Å². The average molecular weight is 343 g/mol. The van der Waals surface area contributed by atoms with Gasteiger partial charge in [-0.25, -0.2) is 12.8 Å². The summed E-state index contributed by atoms with van der Waals surface area (Å²) in [6, 6.07) is 11.1. The first-order chi connectivity index (χ1) is 8.90. The Kier molecular flexibility index (Phi) is 4.06. The molecule has 2 rings (SSSR count). The summed E-state index contributed by atoms with van der Waals surface area (Å²) in [6.07, 6.45) is 0. The summed E-state index contributed by atoms with van der Waals surface area (Å²) in [4.78, 5) is 0.290. The largest absolute Gasteiger partial charge is 0.223 e. The summed E-state index contributed by atoms with van der Waals surface area (Å²) in [5.41, 5.74) is 1.13. The molecule has 2 nitrogen and oxygen atoms in total. The second-order valence-corrected chi connectivity index (χ2v) is 7.09. The van der Waals surface area contributed by atoms with Crippen LogP contribution in [0.1, 0.15) is 11.1 Å². The highest BCUT2D eigenvalue weighted by molar-refractivity contribution is 9.10. The van der Waals surface area contributed by atoms with Crippen LogP contribution >= 0.6 is 15.9 Å². The van der Waals surface area contributed by atoms with Crippen LogP contribution in [0.15, 0.2) is 51.8 Å². The van der Waals surface area contributed by atoms with E-state index in [-0.39, 0.29) is 5.75 Å². The van der Waals surface area contributed by atoms with Crippen molar-refractivity contribution in [2.24, 2.45) is 0 Å². The molecule has 0 aliphatic heterocycles. The van der Waals surface area contributed by atoms with Crippen LogP contribution in [0.25, 0.3) is 0 Å². The predicted octanol–water partition coefficient (Wildman–Crippen LogP) is 3.87. The van der Waals surface area contributed by atoms with E-state index in [4.69, 9.17) is 0 Å². The third-order valence-corrected chi connectivity index (χ3v) is 5.25. The van der Waals surface area contributed by atoms with Crippen LogP contribution in [0.5, 0.6) is 0 Å². The first-order valence-corrected chi connectivity index (χ1v) is 8.07. The van der Waals surface area contributed by atoms with Gasteiger partial charge in [-0.1, -0.05) is 24.3 Å². The molecule has 0 radical (unpaired) electrons. The average Bonchev–Trinajstić information content (AvgIpc) is 2.34. The van der Waals surface area contributed by atoms with Crippen LogP contribution in [0.3, 0.4) is 0 Å². The normalized spacial score (nSPS) is 11.5. The maximum atomic E-state index is 13.4. The minimum absolute atomic E-state index is 0.206. The third kappa shape index (κ3) is 3.22. The van der Waals surface area contributed by atoms with Crippen LogP contribution in [0, 0.1) is 12.7 Å². The highest BCUT2D eigenvalue weighted by atomic mass is 79.9. The van der Waals surface area contributed by atoms with Gasteiger partial charge in [0, 0.05) is 0 Å². The van der Waals surface area contributed by atoms with Crippen molar-refractivity contribution in [3.8, 4) is 0 Å². The molecule has 0 saturated carbocycles. The van der Waals surface area contributed by atoms with Crippen molar-refractivity contribution >= 4 is 25.8 Å². The molecule has 0 aliphatic rings. The van der Waals surface area contributed by atoms with Gasteiger partial charge in [0.2, 0.25) is 0 Å². The number of benzene rings is 2. The zero-order valence-corrected chi connectivity index (χ0v) is 12.6. The maximum Gasteiger partial charge on any atom is 0.182 e. The SMILES string of the molecule is Cc1ccccc1S(=O)(=O)Cc1ccc(Br)c(F)c1. The molecule has 2 aromatic carbocycles.